The molecule has 118 valence electrons. The van der Waals surface area contributed by atoms with Crippen LogP contribution < -0.4 is 10.6 Å². The Kier molecular flexibility index (Phi) is 4.21. The largest absolute Gasteiger partial charge is 0.398 e. The van der Waals surface area contributed by atoms with Crippen LogP contribution in [0.4, 0.5) is 17.2 Å². The fraction of sp³-hybridized carbons (Fsp3) is 0.167. The maximum Gasteiger partial charge on any atom is 0.139 e. The van der Waals surface area contributed by atoms with Crippen LogP contribution in [0.3, 0.4) is 0 Å². The Bertz CT molecular complexity index is 895. The van der Waals surface area contributed by atoms with Gasteiger partial charge in [0.05, 0.1) is 5.52 Å². The molecule has 0 saturated carbocycles. The number of halogens is 2. The zero-order valence-corrected chi connectivity index (χ0v) is 15.1. The van der Waals surface area contributed by atoms with Crippen LogP contribution in [0.25, 0.3) is 10.9 Å². The summed E-state index contributed by atoms with van der Waals surface area (Å²) in [6.45, 7) is 3.04. The maximum atomic E-state index is 6.42. The first-order valence-corrected chi connectivity index (χ1v) is 8.14. The molecule has 2 heterocycles. The highest BCUT2D eigenvalue weighted by Crippen LogP contribution is 2.39. The molecule has 1 aromatic heterocycles. The van der Waals surface area contributed by atoms with Gasteiger partial charge in [-0.2, -0.15) is 0 Å². The van der Waals surface area contributed by atoms with E-state index in [1.165, 1.54) is 11.3 Å². The molecule has 3 aromatic rings. The lowest BCUT2D eigenvalue weighted by molar-refractivity contribution is 0.991. The summed E-state index contributed by atoms with van der Waals surface area (Å²) >= 11 is 3.51. The van der Waals surface area contributed by atoms with E-state index in [-0.39, 0.29) is 12.4 Å². The Morgan fingerprint density at radius 2 is 2.00 bits per heavy atom. The van der Waals surface area contributed by atoms with Gasteiger partial charge < -0.3 is 10.6 Å². The first-order chi connectivity index (χ1) is 10.6. The molecule has 0 amide bonds. The molecule has 0 saturated heterocycles. The summed E-state index contributed by atoms with van der Waals surface area (Å²) < 4.78 is 1.03. The number of aromatic nitrogens is 1. The molecule has 2 N–H and O–H groups in total. The highest BCUT2D eigenvalue weighted by Gasteiger charge is 2.25. The van der Waals surface area contributed by atoms with Gasteiger partial charge in [0.2, 0.25) is 0 Å². The van der Waals surface area contributed by atoms with Crippen LogP contribution >= 0.6 is 28.3 Å². The minimum absolute atomic E-state index is 0. The topological polar surface area (TPSA) is 42.2 Å². The van der Waals surface area contributed by atoms with Gasteiger partial charge >= 0.3 is 0 Å². The lowest BCUT2D eigenvalue weighted by atomic mass is 10.1. The SMILES string of the molecule is Cc1cccc(N2CCc3c2nc2ccc(Br)cc2c3N)c1.Cl. The second-order valence-corrected chi connectivity index (χ2v) is 6.65. The van der Waals surface area contributed by atoms with Gasteiger partial charge in [-0.05, 0) is 49.2 Å². The van der Waals surface area contributed by atoms with E-state index < -0.39 is 0 Å². The van der Waals surface area contributed by atoms with Crippen LogP contribution in [0.2, 0.25) is 0 Å². The van der Waals surface area contributed by atoms with E-state index in [2.05, 4.69) is 52.0 Å². The molecule has 0 fully saturated rings. The van der Waals surface area contributed by atoms with Gasteiger partial charge in [0.15, 0.2) is 0 Å². The molecule has 1 aliphatic heterocycles. The Labute approximate surface area is 150 Å². The molecule has 0 atom stereocenters. The summed E-state index contributed by atoms with van der Waals surface area (Å²) in [7, 11) is 0. The fourth-order valence-corrected chi connectivity index (χ4v) is 3.49. The molecule has 0 radical (unpaired) electrons. The lowest BCUT2D eigenvalue weighted by Crippen LogP contribution is -2.14. The van der Waals surface area contributed by atoms with E-state index in [1.807, 2.05) is 18.2 Å². The predicted molar refractivity (Wildman–Crippen MR) is 103 cm³/mol. The third-order valence-electron chi connectivity index (χ3n) is 4.22. The molecular formula is C18H17BrClN3. The van der Waals surface area contributed by atoms with Gasteiger partial charge in [-0.1, -0.05) is 28.1 Å². The molecule has 2 aromatic carbocycles. The van der Waals surface area contributed by atoms with Crippen molar-refractivity contribution >= 4 is 56.4 Å². The van der Waals surface area contributed by atoms with Crippen molar-refractivity contribution in [2.75, 3.05) is 17.2 Å². The first kappa shape index (κ1) is 16.1. The smallest absolute Gasteiger partial charge is 0.139 e. The Hall–Kier alpha value is -1.78. The maximum absolute atomic E-state index is 6.42. The third-order valence-corrected chi connectivity index (χ3v) is 4.72. The van der Waals surface area contributed by atoms with Crippen molar-refractivity contribution in [2.24, 2.45) is 0 Å². The predicted octanol–water partition coefficient (Wildman–Crippen LogP) is 5.00. The number of rotatable bonds is 1. The number of nitrogens with zero attached hydrogens (tertiary/aromatic N) is 2. The number of anilines is 3. The Morgan fingerprint density at radius 1 is 1.17 bits per heavy atom. The molecule has 4 rings (SSSR count). The Balaban J connectivity index is 0.00000156. The average molecular weight is 391 g/mol. The van der Waals surface area contributed by atoms with Gasteiger partial charge in [-0.3, -0.25) is 0 Å². The summed E-state index contributed by atoms with van der Waals surface area (Å²) in [5.41, 5.74) is 11.8. The summed E-state index contributed by atoms with van der Waals surface area (Å²) in [6.07, 6.45) is 0.935. The molecule has 0 aliphatic carbocycles. The zero-order valence-electron chi connectivity index (χ0n) is 12.7. The number of aryl methyl sites for hydroxylation is 1. The number of hydrogen-bond acceptors (Lipinski definition) is 3. The summed E-state index contributed by atoms with van der Waals surface area (Å²) in [5, 5.41) is 1.03. The van der Waals surface area contributed by atoms with Crippen molar-refractivity contribution in [1.29, 1.82) is 0 Å². The number of benzene rings is 2. The van der Waals surface area contributed by atoms with Crippen LogP contribution in [0.1, 0.15) is 11.1 Å². The van der Waals surface area contributed by atoms with E-state index in [4.69, 9.17) is 10.7 Å². The molecule has 3 nitrogen and oxygen atoms in total. The Morgan fingerprint density at radius 3 is 2.78 bits per heavy atom. The molecule has 0 unspecified atom stereocenters. The normalized spacial score (nSPS) is 13.0. The summed E-state index contributed by atoms with van der Waals surface area (Å²) in [5.74, 6) is 0.998. The second-order valence-electron chi connectivity index (χ2n) is 5.73. The molecule has 5 heteroatoms. The van der Waals surface area contributed by atoms with Gasteiger partial charge in [0.1, 0.15) is 5.82 Å². The number of hydrogen-bond donors (Lipinski definition) is 1. The van der Waals surface area contributed by atoms with Gasteiger partial charge in [0, 0.05) is 33.3 Å². The monoisotopic (exact) mass is 389 g/mol. The van der Waals surface area contributed by atoms with Crippen molar-refractivity contribution in [2.45, 2.75) is 13.3 Å². The van der Waals surface area contributed by atoms with Crippen LogP contribution in [-0.2, 0) is 6.42 Å². The van der Waals surface area contributed by atoms with Crippen LogP contribution in [-0.4, -0.2) is 11.5 Å². The average Bonchev–Trinajstić information content (AvgIpc) is 2.92. The third kappa shape index (κ3) is 2.66. The standard InChI is InChI=1S/C18H16BrN3.ClH/c1-11-3-2-4-13(9-11)22-8-7-14-17(20)15-10-12(19)5-6-16(15)21-18(14)22;/h2-6,9-10H,7-8H2,1H3,(H2,20,21);1H. The van der Waals surface area contributed by atoms with Crippen molar-refractivity contribution < 1.29 is 0 Å². The summed E-state index contributed by atoms with van der Waals surface area (Å²) in [4.78, 5) is 7.13. The molecule has 1 aliphatic rings. The number of pyridine rings is 1. The van der Waals surface area contributed by atoms with Crippen molar-refractivity contribution in [3.8, 4) is 0 Å². The van der Waals surface area contributed by atoms with Crippen molar-refractivity contribution in [3.05, 3.63) is 58.1 Å². The van der Waals surface area contributed by atoms with Gasteiger partial charge in [-0.25, -0.2) is 4.98 Å². The highest BCUT2D eigenvalue weighted by molar-refractivity contribution is 9.10. The number of nitrogen functional groups attached to an aromatic ring is 1. The zero-order chi connectivity index (χ0) is 15.3. The minimum atomic E-state index is 0. The molecular weight excluding hydrogens is 374 g/mol. The second kappa shape index (κ2) is 6.02. The molecule has 0 bridgehead atoms. The fourth-order valence-electron chi connectivity index (χ4n) is 3.13. The van der Waals surface area contributed by atoms with Crippen molar-refractivity contribution in [3.63, 3.8) is 0 Å². The lowest BCUT2D eigenvalue weighted by Gasteiger charge is -2.19. The molecule has 23 heavy (non-hydrogen) atoms. The number of nitrogens with two attached hydrogens (primary N) is 1. The van der Waals surface area contributed by atoms with Gasteiger partial charge in [-0.15, -0.1) is 12.4 Å². The van der Waals surface area contributed by atoms with E-state index in [1.54, 1.807) is 0 Å². The van der Waals surface area contributed by atoms with Gasteiger partial charge in [0.25, 0.3) is 0 Å². The first-order valence-electron chi connectivity index (χ1n) is 7.35. The highest BCUT2D eigenvalue weighted by atomic mass is 79.9. The van der Waals surface area contributed by atoms with E-state index in [9.17, 15) is 0 Å². The van der Waals surface area contributed by atoms with Crippen LogP contribution in [0, 0.1) is 6.92 Å². The van der Waals surface area contributed by atoms with Crippen LogP contribution in [0.5, 0.6) is 0 Å². The van der Waals surface area contributed by atoms with E-state index >= 15 is 0 Å². The summed E-state index contributed by atoms with van der Waals surface area (Å²) in [6, 6.07) is 14.6. The van der Waals surface area contributed by atoms with Crippen LogP contribution in [0.15, 0.2) is 46.9 Å². The quantitative estimate of drug-likeness (QED) is 0.635. The molecule has 0 spiro atoms. The number of fused-ring (bicyclic) bond motifs is 2. The minimum Gasteiger partial charge on any atom is -0.398 e. The van der Waals surface area contributed by atoms with E-state index in [0.29, 0.717) is 0 Å². The van der Waals surface area contributed by atoms with E-state index in [0.717, 1.165) is 45.4 Å². The van der Waals surface area contributed by atoms with Crippen molar-refractivity contribution in [1.82, 2.24) is 4.98 Å².